The Morgan fingerprint density at radius 1 is 0.842 bits per heavy atom. The van der Waals surface area contributed by atoms with Crippen LogP contribution in [-0.2, 0) is 0 Å². The van der Waals surface area contributed by atoms with Crippen molar-refractivity contribution in [2.75, 3.05) is 0 Å². The van der Waals surface area contributed by atoms with E-state index < -0.39 is 16.8 Å². The molecular weight excluding hydrogens is 240 g/mol. The molecule has 0 aromatic heterocycles. The summed E-state index contributed by atoms with van der Waals surface area (Å²) in [6.07, 6.45) is 8.61. The first-order valence-electron chi connectivity index (χ1n) is 7.59. The lowest BCUT2D eigenvalue weighted by Gasteiger charge is -2.41. The molecule has 3 heteroatoms. The Morgan fingerprint density at radius 3 is 1.84 bits per heavy atom. The van der Waals surface area contributed by atoms with E-state index in [0.29, 0.717) is 25.7 Å². The molecule has 1 unspecified atom stereocenters. The van der Waals surface area contributed by atoms with Gasteiger partial charge in [0.2, 0.25) is 0 Å². The molecule has 0 amide bonds. The molecule has 2 rings (SSSR count). The molecule has 0 saturated heterocycles. The zero-order chi connectivity index (χ0) is 14.0. The third-order valence-corrected chi connectivity index (χ3v) is 4.81. The quantitative estimate of drug-likeness (QED) is 0.637. The molecule has 2 saturated carbocycles. The van der Waals surface area contributed by atoms with Crippen LogP contribution in [-0.4, -0.2) is 32.1 Å². The molecule has 2 aliphatic carbocycles. The number of hydrogen-bond donors (Lipinski definition) is 3. The van der Waals surface area contributed by atoms with E-state index in [1.54, 1.807) is 6.92 Å². The average molecular weight is 266 g/mol. The number of hydrogen-bond acceptors (Lipinski definition) is 3. The van der Waals surface area contributed by atoms with Gasteiger partial charge in [-0.25, -0.2) is 0 Å². The van der Waals surface area contributed by atoms with E-state index >= 15 is 0 Å². The summed E-state index contributed by atoms with van der Waals surface area (Å²) < 4.78 is 0. The third kappa shape index (κ3) is 3.31. The fraction of sp³-hybridized carbons (Fsp3) is 0.875. The van der Waals surface area contributed by atoms with Gasteiger partial charge in [-0.3, -0.25) is 0 Å². The average Bonchev–Trinajstić information content (AvgIpc) is 2.38. The second kappa shape index (κ2) is 5.44. The van der Waals surface area contributed by atoms with E-state index in [4.69, 9.17) is 0 Å². The van der Waals surface area contributed by atoms with Gasteiger partial charge in [0.05, 0.1) is 0 Å². The Bertz CT molecular complexity index is 363. The van der Waals surface area contributed by atoms with Crippen LogP contribution >= 0.6 is 0 Å². The first-order chi connectivity index (χ1) is 8.87. The molecule has 0 heterocycles. The van der Waals surface area contributed by atoms with Crippen LogP contribution in [0.4, 0.5) is 0 Å². The summed E-state index contributed by atoms with van der Waals surface area (Å²) in [5.41, 5.74) is -3.52. The maximum atomic E-state index is 10.6. The Hall–Kier alpha value is -0.560. The highest BCUT2D eigenvalue weighted by Gasteiger charge is 2.45. The molecule has 3 nitrogen and oxygen atoms in total. The SMILES string of the molecule is CC(O)(C#CC1(O)CCCCC1)C1(O)CCCCC1. The van der Waals surface area contributed by atoms with Crippen LogP contribution in [0.5, 0.6) is 0 Å². The zero-order valence-electron chi connectivity index (χ0n) is 11.9. The van der Waals surface area contributed by atoms with Crippen molar-refractivity contribution in [3.8, 4) is 11.8 Å². The van der Waals surface area contributed by atoms with Gasteiger partial charge in [-0.15, -0.1) is 0 Å². The summed E-state index contributed by atoms with van der Waals surface area (Å²) in [5.74, 6) is 5.64. The predicted molar refractivity (Wildman–Crippen MR) is 74.5 cm³/mol. The second-order valence-electron chi connectivity index (χ2n) is 6.51. The van der Waals surface area contributed by atoms with Gasteiger partial charge in [-0.2, -0.15) is 0 Å². The molecule has 19 heavy (non-hydrogen) atoms. The van der Waals surface area contributed by atoms with Crippen LogP contribution in [0.3, 0.4) is 0 Å². The van der Waals surface area contributed by atoms with Gasteiger partial charge >= 0.3 is 0 Å². The van der Waals surface area contributed by atoms with Crippen molar-refractivity contribution in [3.05, 3.63) is 0 Å². The van der Waals surface area contributed by atoms with Crippen molar-refractivity contribution in [1.29, 1.82) is 0 Å². The van der Waals surface area contributed by atoms with Crippen LogP contribution < -0.4 is 0 Å². The van der Waals surface area contributed by atoms with Crippen LogP contribution in [0.2, 0.25) is 0 Å². The topological polar surface area (TPSA) is 60.7 Å². The minimum Gasteiger partial charge on any atom is -0.386 e. The lowest BCUT2D eigenvalue weighted by Crippen LogP contribution is -2.52. The van der Waals surface area contributed by atoms with Crippen LogP contribution in [0.1, 0.15) is 71.1 Å². The molecular formula is C16H26O3. The summed E-state index contributed by atoms with van der Waals surface area (Å²) >= 11 is 0. The molecule has 0 bridgehead atoms. The summed E-state index contributed by atoms with van der Waals surface area (Å²) in [7, 11) is 0. The van der Waals surface area contributed by atoms with Crippen molar-refractivity contribution in [1.82, 2.24) is 0 Å². The minimum atomic E-state index is -1.43. The first kappa shape index (κ1) is 14.8. The normalized spacial score (nSPS) is 28.8. The first-order valence-corrected chi connectivity index (χ1v) is 7.59. The van der Waals surface area contributed by atoms with Crippen molar-refractivity contribution < 1.29 is 15.3 Å². The standard InChI is InChI=1S/C16H26O3/c1-14(17,16(19)10-6-3-7-11-16)12-13-15(18)8-4-2-5-9-15/h17-19H,2-11H2,1H3. The van der Waals surface area contributed by atoms with Crippen LogP contribution in [0, 0.1) is 11.8 Å². The van der Waals surface area contributed by atoms with E-state index in [1.807, 2.05) is 0 Å². The van der Waals surface area contributed by atoms with Gasteiger partial charge in [0.25, 0.3) is 0 Å². The van der Waals surface area contributed by atoms with Crippen molar-refractivity contribution >= 4 is 0 Å². The Balaban J connectivity index is 2.11. The summed E-state index contributed by atoms with van der Waals surface area (Å²) in [6.45, 7) is 1.58. The summed E-state index contributed by atoms with van der Waals surface area (Å²) in [6, 6.07) is 0. The highest BCUT2D eigenvalue weighted by Crippen LogP contribution is 2.37. The monoisotopic (exact) mass is 266 g/mol. The molecule has 0 spiro atoms. The van der Waals surface area contributed by atoms with Crippen LogP contribution in [0.25, 0.3) is 0 Å². The number of aliphatic hydroxyl groups is 3. The maximum absolute atomic E-state index is 10.6. The lowest BCUT2D eigenvalue weighted by molar-refractivity contribution is -0.127. The summed E-state index contributed by atoms with van der Waals surface area (Å²) in [5, 5.41) is 31.4. The minimum absolute atomic E-state index is 0.590. The van der Waals surface area contributed by atoms with Crippen LogP contribution in [0.15, 0.2) is 0 Å². The molecule has 0 aromatic carbocycles. The maximum Gasteiger partial charge on any atom is 0.151 e. The molecule has 1 atom stereocenters. The van der Waals surface area contributed by atoms with Gasteiger partial charge in [0, 0.05) is 0 Å². The van der Waals surface area contributed by atoms with Crippen molar-refractivity contribution in [2.45, 2.75) is 87.9 Å². The smallest absolute Gasteiger partial charge is 0.151 e. The molecule has 3 N–H and O–H groups in total. The fourth-order valence-corrected chi connectivity index (χ4v) is 3.24. The molecule has 0 aliphatic heterocycles. The Labute approximate surface area is 116 Å². The van der Waals surface area contributed by atoms with E-state index in [9.17, 15) is 15.3 Å². The van der Waals surface area contributed by atoms with Gasteiger partial charge in [0.1, 0.15) is 11.2 Å². The van der Waals surface area contributed by atoms with Crippen molar-refractivity contribution in [3.63, 3.8) is 0 Å². The second-order valence-corrected chi connectivity index (χ2v) is 6.51. The van der Waals surface area contributed by atoms with E-state index in [0.717, 1.165) is 38.5 Å². The number of rotatable bonds is 1. The van der Waals surface area contributed by atoms with Gasteiger partial charge in [0.15, 0.2) is 5.60 Å². The highest BCUT2D eigenvalue weighted by molar-refractivity contribution is 5.25. The van der Waals surface area contributed by atoms with E-state index in [2.05, 4.69) is 11.8 Å². The molecule has 0 aromatic rings. The predicted octanol–water partition coefficient (Wildman–Crippen LogP) is 2.13. The molecule has 0 radical (unpaired) electrons. The molecule has 2 fully saturated rings. The molecule has 108 valence electrons. The van der Waals surface area contributed by atoms with E-state index in [1.165, 1.54) is 0 Å². The molecule has 2 aliphatic rings. The third-order valence-electron chi connectivity index (χ3n) is 4.81. The van der Waals surface area contributed by atoms with Gasteiger partial charge < -0.3 is 15.3 Å². The largest absolute Gasteiger partial charge is 0.386 e. The van der Waals surface area contributed by atoms with Gasteiger partial charge in [-0.1, -0.05) is 37.5 Å². The summed E-state index contributed by atoms with van der Waals surface area (Å²) in [4.78, 5) is 0. The van der Waals surface area contributed by atoms with Gasteiger partial charge in [-0.05, 0) is 45.4 Å². The van der Waals surface area contributed by atoms with E-state index in [-0.39, 0.29) is 0 Å². The van der Waals surface area contributed by atoms with Crippen molar-refractivity contribution in [2.24, 2.45) is 0 Å². The Morgan fingerprint density at radius 2 is 1.32 bits per heavy atom. The highest BCUT2D eigenvalue weighted by atomic mass is 16.4. The fourth-order valence-electron chi connectivity index (χ4n) is 3.24. The lowest BCUT2D eigenvalue weighted by atomic mass is 9.73. The Kier molecular flexibility index (Phi) is 4.25. The zero-order valence-corrected chi connectivity index (χ0v) is 11.9.